The summed E-state index contributed by atoms with van der Waals surface area (Å²) < 4.78 is 5.42. The van der Waals surface area contributed by atoms with Gasteiger partial charge in [0.05, 0.1) is 12.4 Å². The van der Waals surface area contributed by atoms with Crippen LogP contribution in [-0.2, 0) is 4.74 Å². The molecule has 0 radical (unpaired) electrons. The van der Waals surface area contributed by atoms with E-state index in [4.69, 9.17) is 4.74 Å². The molecule has 0 atom stereocenters. The summed E-state index contributed by atoms with van der Waals surface area (Å²) in [5, 5.41) is 0. The Hall–Kier alpha value is -0.720. The van der Waals surface area contributed by atoms with E-state index in [0.717, 1.165) is 12.4 Å². The monoisotopic (exact) mass is 168 g/mol. The number of hydrogen-bond acceptors (Lipinski definition) is 1. The first kappa shape index (κ1) is 11.3. The van der Waals surface area contributed by atoms with Crippen molar-refractivity contribution in [3.8, 4) is 0 Å². The third-order valence-corrected chi connectivity index (χ3v) is 2.20. The van der Waals surface area contributed by atoms with E-state index in [2.05, 4.69) is 27.7 Å². The first-order chi connectivity index (χ1) is 5.50. The van der Waals surface area contributed by atoms with Crippen LogP contribution in [0.1, 0.15) is 41.5 Å². The Morgan fingerprint density at radius 1 is 0.917 bits per heavy atom. The topological polar surface area (TPSA) is 9.23 Å². The number of hydrogen-bond donors (Lipinski definition) is 0. The van der Waals surface area contributed by atoms with Gasteiger partial charge in [-0.15, -0.1) is 0 Å². The lowest BCUT2D eigenvalue weighted by atomic mass is 10.0. The van der Waals surface area contributed by atoms with Crippen LogP contribution in [0.15, 0.2) is 22.5 Å². The molecule has 0 aromatic carbocycles. The van der Waals surface area contributed by atoms with E-state index >= 15 is 0 Å². The number of allylic oxidation sites excluding steroid dienone is 4. The highest BCUT2D eigenvalue weighted by Crippen LogP contribution is 2.17. The van der Waals surface area contributed by atoms with Crippen molar-refractivity contribution in [2.45, 2.75) is 41.5 Å². The molecule has 0 rings (SSSR count). The smallest absolute Gasteiger partial charge is 0.0960 e. The molecule has 0 fully saturated rings. The van der Waals surface area contributed by atoms with Gasteiger partial charge in [0.2, 0.25) is 0 Å². The first-order valence-corrected chi connectivity index (χ1v) is 4.45. The first-order valence-electron chi connectivity index (χ1n) is 4.45. The van der Waals surface area contributed by atoms with Crippen molar-refractivity contribution in [2.24, 2.45) is 0 Å². The van der Waals surface area contributed by atoms with Crippen LogP contribution in [0.2, 0.25) is 0 Å². The molecular formula is C11H20O. The fraction of sp³-hybridized carbons (Fsp3) is 0.636. The van der Waals surface area contributed by atoms with Crippen molar-refractivity contribution in [1.82, 2.24) is 0 Å². The van der Waals surface area contributed by atoms with Crippen LogP contribution in [0.3, 0.4) is 0 Å². The summed E-state index contributed by atoms with van der Waals surface area (Å²) in [4.78, 5) is 0. The average molecular weight is 168 g/mol. The minimum absolute atomic E-state index is 0.749. The van der Waals surface area contributed by atoms with Gasteiger partial charge < -0.3 is 4.74 Å². The predicted octanol–water partition coefficient (Wildman–Crippen LogP) is 3.67. The Morgan fingerprint density at radius 2 is 1.42 bits per heavy atom. The van der Waals surface area contributed by atoms with E-state index in [1.54, 1.807) is 0 Å². The highest BCUT2D eigenvalue weighted by Gasteiger charge is 2.00. The van der Waals surface area contributed by atoms with Gasteiger partial charge in [0.15, 0.2) is 0 Å². The second-order valence-corrected chi connectivity index (χ2v) is 3.24. The van der Waals surface area contributed by atoms with Crippen molar-refractivity contribution in [3.63, 3.8) is 0 Å². The second kappa shape index (κ2) is 5.02. The van der Waals surface area contributed by atoms with Crippen molar-refractivity contribution >= 4 is 0 Å². The molecule has 12 heavy (non-hydrogen) atoms. The lowest BCUT2D eigenvalue weighted by Gasteiger charge is -2.10. The van der Waals surface area contributed by atoms with Crippen LogP contribution in [0.25, 0.3) is 0 Å². The summed E-state index contributed by atoms with van der Waals surface area (Å²) in [6, 6.07) is 0. The Kier molecular flexibility index (Phi) is 4.72. The predicted molar refractivity (Wildman–Crippen MR) is 54.0 cm³/mol. The molecule has 0 unspecified atom stereocenters. The SMILES string of the molecule is CCO/C(C)=C(\C)C(C)=C(C)C. The van der Waals surface area contributed by atoms with E-state index in [1.807, 2.05) is 13.8 Å². The third-order valence-electron chi connectivity index (χ3n) is 2.20. The minimum Gasteiger partial charge on any atom is -0.498 e. The zero-order valence-electron chi connectivity index (χ0n) is 9.12. The van der Waals surface area contributed by atoms with Crippen molar-refractivity contribution in [1.29, 1.82) is 0 Å². The maximum absolute atomic E-state index is 5.42. The average Bonchev–Trinajstić information content (AvgIpc) is 2.02. The van der Waals surface area contributed by atoms with E-state index in [1.165, 1.54) is 16.7 Å². The van der Waals surface area contributed by atoms with Crippen LogP contribution in [0, 0.1) is 0 Å². The van der Waals surface area contributed by atoms with Gasteiger partial charge in [-0.1, -0.05) is 5.57 Å². The van der Waals surface area contributed by atoms with Gasteiger partial charge in [-0.3, -0.25) is 0 Å². The Labute approximate surface area is 76.1 Å². The molecule has 0 bridgehead atoms. The van der Waals surface area contributed by atoms with Crippen molar-refractivity contribution in [2.75, 3.05) is 6.61 Å². The lowest BCUT2D eigenvalue weighted by Crippen LogP contribution is -1.93. The van der Waals surface area contributed by atoms with Crippen molar-refractivity contribution in [3.05, 3.63) is 22.5 Å². The number of rotatable bonds is 3. The molecule has 0 aromatic heterocycles. The maximum atomic E-state index is 5.42. The molecule has 0 aromatic rings. The quantitative estimate of drug-likeness (QED) is 0.461. The van der Waals surface area contributed by atoms with E-state index < -0.39 is 0 Å². The molecule has 70 valence electrons. The van der Waals surface area contributed by atoms with E-state index in [-0.39, 0.29) is 0 Å². The zero-order chi connectivity index (χ0) is 9.72. The Bertz CT molecular complexity index is 205. The highest BCUT2D eigenvalue weighted by atomic mass is 16.5. The zero-order valence-corrected chi connectivity index (χ0v) is 9.12. The molecule has 0 saturated carbocycles. The van der Waals surface area contributed by atoms with Crippen molar-refractivity contribution < 1.29 is 4.74 Å². The molecule has 0 aliphatic heterocycles. The van der Waals surface area contributed by atoms with Gasteiger partial charge in [-0.25, -0.2) is 0 Å². The van der Waals surface area contributed by atoms with Crippen LogP contribution in [0.5, 0.6) is 0 Å². The van der Waals surface area contributed by atoms with Gasteiger partial charge in [-0.2, -0.15) is 0 Å². The third kappa shape index (κ3) is 3.12. The largest absolute Gasteiger partial charge is 0.498 e. The van der Waals surface area contributed by atoms with Gasteiger partial charge in [0, 0.05) is 0 Å². The normalized spacial score (nSPS) is 12.2. The fourth-order valence-corrected chi connectivity index (χ4v) is 0.964. The lowest BCUT2D eigenvalue weighted by molar-refractivity contribution is 0.228. The number of ether oxygens (including phenoxy) is 1. The van der Waals surface area contributed by atoms with Gasteiger partial charge in [0.1, 0.15) is 0 Å². The van der Waals surface area contributed by atoms with Gasteiger partial charge in [-0.05, 0) is 52.7 Å². The summed E-state index contributed by atoms with van der Waals surface area (Å²) >= 11 is 0. The molecule has 0 spiro atoms. The molecule has 0 aliphatic rings. The molecule has 0 N–H and O–H groups in total. The summed E-state index contributed by atoms with van der Waals surface area (Å²) in [5.41, 5.74) is 3.95. The second-order valence-electron chi connectivity index (χ2n) is 3.24. The summed E-state index contributed by atoms with van der Waals surface area (Å²) in [6.07, 6.45) is 0. The molecule has 0 aliphatic carbocycles. The van der Waals surface area contributed by atoms with Gasteiger partial charge >= 0.3 is 0 Å². The highest BCUT2D eigenvalue weighted by molar-refractivity contribution is 5.32. The summed E-state index contributed by atoms with van der Waals surface area (Å²) in [5.74, 6) is 1.04. The molecule has 0 saturated heterocycles. The molecule has 1 heteroatoms. The van der Waals surface area contributed by atoms with E-state index in [0.29, 0.717) is 0 Å². The summed E-state index contributed by atoms with van der Waals surface area (Å²) in [6.45, 7) is 13.3. The Balaban J connectivity index is 4.67. The molecule has 1 nitrogen and oxygen atoms in total. The van der Waals surface area contributed by atoms with Crippen LogP contribution in [0.4, 0.5) is 0 Å². The maximum Gasteiger partial charge on any atom is 0.0960 e. The molecule has 0 heterocycles. The minimum atomic E-state index is 0.749. The van der Waals surface area contributed by atoms with Gasteiger partial charge in [0.25, 0.3) is 0 Å². The fourth-order valence-electron chi connectivity index (χ4n) is 0.964. The molecular weight excluding hydrogens is 148 g/mol. The van der Waals surface area contributed by atoms with Crippen LogP contribution in [-0.4, -0.2) is 6.61 Å². The Morgan fingerprint density at radius 3 is 1.75 bits per heavy atom. The van der Waals surface area contributed by atoms with E-state index in [9.17, 15) is 0 Å². The van der Waals surface area contributed by atoms with Crippen LogP contribution >= 0.6 is 0 Å². The van der Waals surface area contributed by atoms with Crippen LogP contribution < -0.4 is 0 Å². The standard InChI is InChI=1S/C11H20O/c1-7-12-11(6)10(5)9(4)8(2)3/h7H2,1-6H3/b11-10+. The summed E-state index contributed by atoms with van der Waals surface area (Å²) in [7, 11) is 0. The molecule has 0 amide bonds.